The van der Waals surface area contributed by atoms with E-state index in [9.17, 15) is 0 Å². The Morgan fingerprint density at radius 2 is 2.12 bits per heavy atom. The van der Waals surface area contributed by atoms with Gasteiger partial charge >= 0.3 is 0 Å². The van der Waals surface area contributed by atoms with Crippen LogP contribution in [0.25, 0.3) is 0 Å². The molecule has 0 unspecified atom stereocenters. The predicted octanol–water partition coefficient (Wildman–Crippen LogP) is 3.26. The highest BCUT2D eigenvalue weighted by molar-refractivity contribution is 9.10. The van der Waals surface area contributed by atoms with Crippen molar-refractivity contribution in [2.24, 2.45) is 0 Å². The topological polar surface area (TPSA) is 43.0 Å². The van der Waals surface area contributed by atoms with Crippen LogP contribution in [0.4, 0.5) is 0 Å². The monoisotopic (exact) mass is 434 g/mol. The van der Waals surface area contributed by atoms with E-state index < -0.39 is 0 Å². The first kappa shape index (κ1) is 22.3. The zero-order valence-electron chi connectivity index (χ0n) is 14.8. The van der Waals surface area contributed by atoms with Crippen molar-refractivity contribution in [2.45, 2.75) is 13.0 Å². The highest BCUT2D eigenvalue weighted by Crippen LogP contribution is 2.36. The zero-order valence-corrected chi connectivity index (χ0v) is 17.2. The summed E-state index contributed by atoms with van der Waals surface area (Å²) in [6.07, 6.45) is 2.86. The average Bonchev–Trinajstić information content (AvgIpc) is 2.61. The SMILES string of the molecule is C=CCOc1c(Br)cc(CNCCCN2CCOCC2)cc1OC.Cl. The fraction of sp³-hybridized carbons (Fsp3) is 0.556. The van der Waals surface area contributed by atoms with E-state index in [-0.39, 0.29) is 12.4 Å². The summed E-state index contributed by atoms with van der Waals surface area (Å²) in [4.78, 5) is 2.45. The van der Waals surface area contributed by atoms with E-state index in [0.29, 0.717) is 12.4 Å². The number of nitrogens with zero attached hydrogens (tertiary/aromatic N) is 1. The minimum atomic E-state index is 0. The van der Waals surface area contributed by atoms with Gasteiger partial charge in [-0.3, -0.25) is 4.90 Å². The summed E-state index contributed by atoms with van der Waals surface area (Å²) in [6.45, 7) is 10.9. The van der Waals surface area contributed by atoms with Gasteiger partial charge in [0.1, 0.15) is 6.61 Å². The molecule has 0 radical (unpaired) electrons. The van der Waals surface area contributed by atoms with Gasteiger partial charge < -0.3 is 19.5 Å². The van der Waals surface area contributed by atoms with Crippen LogP contribution in [-0.2, 0) is 11.3 Å². The fourth-order valence-corrected chi connectivity index (χ4v) is 3.25. The van der Waals surface area contributed by atoms with E-state index in [1.165, 1.54) is 0 Å². The van der Waals surface area contributed by atoms with Crippen LogP contribution in [0.5, 0.6) is 11.5 Å². The van der Waals surface area contributed by atoms with Gasteiger partial charge in [-0.25, -0.2) is 0 Å². The maximum absolute atomic E-state index is 5.65. The van der Waals surface area contributed by atoms with Crippen LogP contribution in [0.3, 0.4) is 0 Å². The van der Waals surface area contributed by atoms with Gasteiger partial charge in [0, 0.05) is 19.6 Å². The first-order valence-electron chi connectivity index (χ1n) is 8.35. The maximum Gasteiger partial charge on any atom is 0.175 e. The van der Waals surface area contributed by atoms with Gasteiger partial charge in [-0.15, -0.1) is 12.4 Å². The second-order valence-corrected chi connectivity index (χ2v) is 6.55. The molecule has 0 bridgehead atoms. The predicted molar refractivity (Wildman–Crippen MR) is 107 cm³/mol. The number of halogens is 2. The molecule has 1 heterocycles. The van der Waals surface area contributed by atoms with Crippen LogP contribution in [0.15, 0.2) is 29.3 Å². The molecule has 1 saturated heterocycles. The van der Waals surface area contributed by atoms with Crippen LogP contribution < -0.4 is 14.8 Å². The quantitative estimate of drug-likeness (QED) is 0.451. The van der Waals surface area contributed by atoms with Gasteiger partial charge in [-0.1, -0.05) is 12.7 Å². The van der Waals surface area contributed by atoms with Crippen molar-refractivity contribution in [1.82, 2.24) is 10.2 Å². The van der Waals surface area contributed by atoms with Crippen molar-refractivity contribution in [2.75, 3.05) is 53.1 Å². The molecule has 1 aliphatic heterocycles. The second kappa shape index (κ2) is 12.5. The Kier molecular flexibility index (Phi) is 11.2. The molecule has 5 nitrogen and oxygen atoms in total. The Bertz CT molecular complexity index is 525. The molecule has 1 aliphatic rings. The lowest BCUT2D eigenvalue weighted by atomic mass is 10.2. The number of rotatable bonds is 10. The first-order valence-corrected chi connectivity index (χ1v) is 9.15. The lowest BCUT2D eigenvalue weighted by molar-refractivity contribution is 0.0374. The van der Waals surface area contributed by atoms with Crippen molar-refractivity contribution in [1.29, 1.82) is 0 Å². The molecular formula is C18H28BrClN2O3. The number of benzene rings is 1. The van der Waals surface area contributed by atoms with Crippen LogP contribution in [0.2, 0.25) is 0 Å². The number of ether oxygens (including phenoxy) is 3. The van der Waals surface area contributed by atoms with E-state index in [2.05, 4.69) is 38.8 Å². The number of hydrogen-bond acceptors (Lipinski definition) is 5. The van der Waals surface area contributed by atoms with E-state index in [1.54, 1.807) is 13.2 Å². The molecule has 7 heteroatoms. The number of nitrogens with one attached hydrogen (secondary N) is 1. The molecule has 25 heavy (non-hydrogen) atoms. The molecule has 0 amide bonds. The van der Waals surface area contributed by atoms with Crippen molar-refractivity contribution >= 4 is 28.3 Å². The molecule has 0 atom stereocenters. The van der Waals surface area contributed by atoms with Crippen molar-refractivity contribution in [3.8, 4) is 11.5 Å². The van der Waals surface area contributed by atoms with E-state index in [0.717, 1.165) is 68.1 Å². The molecule has 1 fully saturated rings. The Morgan fingerprint density at radius 3 is 2.80 bits per heavy atom. The maximum atomic E-state index is 5.65. The molecule has 2 rings (SSSR count). The summed E-state index contributed by atoms with van der Waals surface area (Å²) in [5.41, 5.74) is 1.16. The summed E-state index contributed by atoms with van der Waals surface area (Å²) in [5.74, 6) is 1.45. The number of methoxy groups -OCH3 is 1. The van der Waals surface area contributed by atoms with Gasteiger partial charge in [0.2, 0.25) is 0 Å². The molecule has 0 aromatic heterocycles. The van der Waals surface area contributed by atoms with Crippen molar-refractivity contribution < 1.29 is 14.2 Å². The van der Waals surface area contributed by atoms with Crippen LogP contribution in [0.1, 0.15) is 12.0 Å². The molecule has 1 aromatic carbocycles. The number of hydrogen-bond donors (Lipinski definition) is 1. The smallest absolute Gasteiger partial charge is 0.175 e. The average molecular weight is 436 g/mol. The van der Waals surface area contributed by atoms with Crippen LogP contribution in [0, 0.1) is 0 Å². The van der Waals surface area contributed by atoms with E-state index >= 15 is 0 Å². The van der Waals surface area contributed by atoms with Gasteiger partial charge in [-0.05, 0) is 53.1 Å². The lowest BCUT2D eigenvalue weighted by Gasteiger charge is -2.26. The summed E-state index contributed by atoms with van der Waals surface area (Å²) in [5, 5.41) is 3.49. The third-order valence-electron chi connectivity index (χ3n) is 3.90. The molecule has 1 N–H and O–H groups in total. The Labute approximate surface area is 165 Å². The van der Waals surface area contributed by atoms with Gasteiger partial charge in [-0.2, -0.15) is 0 Å². The molecule has 0 spiro atoms. The largest absolute Gasteiger partial charge is 0.493 e. The minimum absolute atomic E-state index is 0. The highest BCUT2D eigenvalue weighted by Gasteiger charge is 2.12. The third kappa shape index (κ3) is 7.54. The van der Waals surface area contributed by atoms with Crippen LogP contribution in [-0.4, -0.2) is 58.0 Å². The molecular weight excluding hydrogens is 408 g/mol. The van der Waals surface area contributed by atoms with Gasteiger partial charge in [0.15, 0.2) is 11.5 Å². The Balaban J connectivity index is 0.00000312. The molecule has 0 saturated carbocycles. The molecule has 1 aromatic rings. The molecule has 142 valence electrons. The normalized spacial score (nSPS) is 14.6. The van der Waals surface area contributed by atoms with E-state index in [4.69, 9.17) is 14.2 Å². The van der Waals surface area contributed by atoms with Crippen molar-refractivity contribution in [3.63, 3.8) is 0 Å². The zero-order chi connectivity index (χ0) is 17.2. The fourth-order valence-electron chi connectivity index (χ4n) is 2.64. The van der Waals surface area contributed by atoms with Gasteiger partial charge in [0.25, 0.3) is 0 Å². The summed E-state index contributed by atoms with van der Waals surface area (Å²) in [7, 11) is 1.65. The van der Waals surface area contributed by atoms with Crippen LogP contribution >= 0.6 is 28.3 Å². The Hall–Kier alpha value is -0.790. The van der Waals surface area contributed by atoms with E-state index in [1.807, 2.05) is 6.07 Å². The standard InChI is InChI=1S/C18H27BrN2O3.ClH/c1-3-9-24-18-16(19)12-15(13-17(18)22-2)14-20-5-4-6-21-7-10-23-11-8-21;/h3,12-13,20H,1,4-11,14H2,2H3;1H. The summed E-state index contributed by atoms with van der Waals surface area (Å²) in [6, 6.07) is 4.08. The Morgan fingerprint density at radius 1 is 1.36 bits per heavy atom. The first-order chi connectivity index (χ1) is 11.7. The lowest BCUT2D eigenvalue weighted by Crippen LogP contribution is -2.37. The highest BCUT2D eigenvalue weighted by atomic mass is 79.9. The van der Waals surface area contributed by atoms with Gasteiger partial charge in [0.05, 0.1) is 24.8 Å². The molecule has 0 aliphatic carbocycles. The minimum Gasteiger partial charge on any atom is -0.493 e. The summed E-state index contributed by atoms with van der Waals surface area (Å²) >= 11 is 3.56. The number of morpholine rings is 1. The summed E-state index contributed by atoms with van der Waals surface area (Å²) < 4.78 is 17.3. The third-order valence-corrected chi connectivity index (χ3v) is 4.48. The van der Waals surface area contributed by atoms with Crippen molar-refractivity contribution in [3.05, 3.63) is 34.8 Å². The second-order valence-electron chi connectivity index (χ2n) is 5.69.